The van der Waals surface area contributed by atoms with Gasteiger partial charge in [0.25, 0.3) is 0 Å². The summed E-state index contributed by atoms with van der Waals surface area (Å²) in [5, 5.41) is 23.7. The summed E-state index contributed by atoms with van der Waals surface area (Å²) in [6.07, 6.45) is 7.85. The number of unbranched alkanes of at least 4 members (excludes halogenated alkanes) is 1. The number of oxime groups is 1. The van der Waals surface area contributed by atoms with E-state index < -0.39 is 16.7 Å². The smallest absolute Gasteiger partial charge is 0.233 e. The highest BCUT2D eigenvalue weighted by molar-refractivity contribution is 7.84. The van der Waals surface area contributed by atoms with Gasteiger partial charge in [-0.1, -0.05) is 55.9 Å². The van der Waals surface area contributed by atoms with E-state index >= 15 is 0 Å². The lowest BCUT2D eigenvalue weighted by Gasteiger charge is -2.21. The standard InChI is InChI=1S/C22H26ClN5O3S/c1-4-5-6-14(2)9-16(15-7-8-20(32(3)31)17(23)10-15)22(29)27-21-13-25-19(12-26-21)18(11-24)28-30/h7-8,10,12-14,16,30H,4-6,9H2,1-3H3,(H,26,27,29)/b28-18-. The molecule has 2 aromatic rings. The molecule has 3 atom stereocenters. The van der Waals surface area contributed by atoms with Gasteiger partial charge in [-0.3, -0.25) is 9.00 Å². The number of aromatic nitrogens is 2. The van der Waals surface area contributed by atoms with Crippen LogP contribution in [-0.4, -0.2) is 37.3 Å². The third-order valence-electron chi connectivity index (χ3n) is 5.02. The van der Waals surface area contributed by atoms with Crippen molar-refractivity contribution < 1.29 is 14.2 Å². The highest BCUT2D eigenvalue weighted by Gasteiger charge is 2.25. The Bertz CT molecular complexity index is 1040. The maximum absolute atomic E-state index is 13.2. The van der Waals surface area contributed by atoms with E-state index in [2.05, 4.69) is 34.3 Å². The summed E-state index contributed by atoms with van der Waals surface area (Å²) in [5.41, 5.74) is 0.544. The highest BCUT2D eigenvalue weighted by atomic mass is 35.5. The molecular weight excluding hydrogens is 450 g/mol. The van der Waals surface area contributed by atoms with Crippen LogP contribution < -0.4 is 5.32 Å². The lowest BCUT2D eigenvalue weighted by Crippen LogP contribution is -2.24. The predicted octanol–water partition coefficient (Wildman–Crippen LogP) is 4.51. The molecule has 3 unspecified atom stereocenters. The summed E-state index contributed by atoms with van der Waals surface area (Å²) < 4.78 is 11.8. The summed E-state index contributed by atoms with van der Waals surface area (Å²) >= 11 is 6.32. The first-order chi connectivity index (χ1) is 15.3. The van der Waals surface area contributed by atoms with Gasteiger partial charge in [-0.2, -0.15) is 5.26 Å². The first kappa shape index (κ1) is 25.4. The van der Waals surface area contributed by atoms with E-state index in [-0.39, 0.29) is 23.1 Å². The van der Waals surface area contributed by atoms with E-state index in [1.165, 1.54) is 12.4 Å². The first-order valence-electron chi connectivity index (χ1n) is 10.2. The van der Waals surface area contributed by atoms with Crippen LogP contribution in [0.3, 0.4) is 0 Å². The number of halogens is 1. The predicted molar refractivity (Wildman–Crippen MR) is 124 cm³/mol. The Balaban J connectivity index is 2.28. The van der Waals surface area contributed by atoms with E-state index in [1.54, 1.807) is 30.5 Å². The Hall–Kier alpha value is -2.83. The quantitative estimate of drug-likeness (QED) is 0.295. The highest BCUT2D eigenvalue weighted by Crippen LogP contribution is 2.31. The van der Waals surface area contributed by atoms with Gasteiger partial charge in [0.05, 0.1) is 39.0 Å². The van der Waals surface area contributed by atoms with E-state index in [0.717, 1.165) is 24.8 Å². The van der Waals surface area contributed by atoms with Crippen molar-refractivity contribution in [3.05, 3.63) is 46.9 Å². The van der Waals surface area contributed by atoms with E-state index in [1.807, 2.05) is 0 Å². The lowest BCUT2D eigenvalue weighted by atomic mass is 9.86. The number of benzene rings is 1. The van der Waals surface area contributed by atoms with E-state index in [9.17, 15) is 9.00 Å². The van der Waals surface area contributed by atoms with Crippen molar-refractivity contribution in [1.82, 2.24) is 9.97 Å². The topological polar surface area (TPSA) is 128 Å². The SMILES string of the molecule is CCCCC(C)CC(C(=O)Nc1cnc(/C(C#N)=N\O)cn1)c1ccc(S(C)=O)c(Cl)c1. The Labute approximate surface area is 195 Å². The van der Waals surface area contributed by atoms with Crippen LogP contribution in [-0.2, 0) is 15.6 Å². The summed E-state index contributed by atoms with van der Waals surface area (Å²) in [6, 6.07) is 6.87. The average molecular weight is 476 g/mol. The van der Waals surface area contributed by atoms with Crippen molar-refractivity contribution in [1.29, 1.82) is 5.26 Å². The number of nitriles is 1. The molecule has 0 bridgehead atoms. The Kier molecular flexibility index (Phi) is 9.75. The fourth-order valence-electron chi connectivity index (χ4n) is 3.29. The summed E-state index contributed by atoms with van der Waals surface area (Å²) in [5.74, 6) is -0.253. The van der Waals surface area contributed by atoms with E-state index in [4.69, 9.17) is 22.1 Å². The monoisotopic (exact) mass is 475 g/mol. The third kappa shape index (κ3) is 6.84. The molecule has 1 heterocycles. The molecule has 8 nitrogen and oxygen atoms in total. The van der Waals surface area contributed by atoms with Crippen molar-refractivity contribution in [2.24, 2.45) is 11.1 Å². The van der Waals surface area contributed by atoms with Crippen molar-refractivity contribution >= 4 is 39.8 Å². The molecule has 0 spiro atoms. The minimum absolute atomic E-state index is 0.0904. The number of nitrogens with one attached hydrogen (secondary N) is 1. The van der Waals surface area contributed by atoms with Gasteiger partial charge in [-0.25, -0.2) is 9.97 Å². The van der Waals surface area contributed by atoms with Crippen LogP contribution in [0.1, 0.15) is 56.7 Å². The molecule has 32 heavy (non-hydrogen) atoms. The molecule has 0 aliphatic rings. The second kappa shape index (κ2) is 12.3. The maximum atomic E-state index is 13.2. The van der Waals surface area contributed by atoms with Crippen molar-refractivity contribution in [2.75, 3.05) is 11.6 Å². The molecule has 170 valence electrons. The summed E-state index contributed by atoms with van der Waals surface area (Å²) in [4.78, 5) is 21.8. The maximum Gasteiger partial charge on any atom is 0.233 e. The fraction of sp³-hybridized carbons (Fsp3) is 0.409. The van der Waals surface area contributed by atoms with Gasteiger partial charge in [-0.05, 0) is 30.0 Å². The molecule has 2 rings (SSSR count). The van der Waals surface area contributed by atoms with Crippen molar-refractivity contribution in [3.63, 3.8) is 0 Å². The van der Waals surface area contributed by atoms with Gasteiger partial charge in [0.2, 0.25) is 11.6 Å². The average Bonchev–Trinajstić information content (AvgIpc) is 2.77. The van der Waals surface area contributed by atoms with Crippen LogP contribution >= 0.6 is 11.6 Å². The fourth-order valence-corrected chi connectivity index (χ4v) is 4.40. The van der Waals surface area contributed by atoms with Crippen molar-refractivity contribution in [2.45, 2.75) is 50.3 Å². The number of hydrogen-bond acceptors (Lipinski definition) is 7. The van der Waals surface area contributed by atoms with Crippen LogP contribution in [0, 0.1) is 17.2 Å². The molecule has 10 heteroatoms. The van der Waals surface area contributed by atoms with Gasteiger partial charge in [0.1, 0.15) is 11.8 Å². The summed E-state index contributed by atoms with van der Waals surface area (Å²) in [7, 11) is -1.23. The zero-order valence-electron chi connectivity index (χ0n) is 18.2. The second-order valence-corrected chi connectivity index (χ2v) is 9.27. The second-order valence-electron chi connectivity index (χ2n) is 7.52. The number of nitrogens with zero attached hydrogens (tertiary/aromatic N) is 4. The number of hydrogen-bond donors (Lipinski definition) is 2. The van der Waals surface area contributed by atoms with Crippen LogP contribution in [0.25, 0.3) is 0 Å². The summed E-state index contributed by atoms with van der Waals surface area (Å²) in [6.45, 7) is 4.24. The Morgan fingerprint density at radius 3 is 2.66 bits per heavy atom. The minimum atomic E-state index is -1.23. The molecule has 2 N–H and O–H groups in total. The molecule has 1 amide bonds. The van der Waals surface area contributed by atoms with Gasteiger partial charge in [-0.15, -0.1) is 0 Å². The van der Waals surface area contributed by atoms with Crippen LogP contribution in [0.2, 0.25) is 5.02 Å². The van der Waals surface area contributed by atoms with Gasteiger partial charge in [0.15, 0.2) is 5.82 Å². The van der Waals surface area contributed by atoms with Crippen LogP contribution in [0.15, 0.2) is 40.6 Å². The normalized spacial score (nSPS) is 14.3. The minimum Gasteiger partial charge on any atom is -0.410 e. The zero-order valence-corrected chi connectivity index (χ0v) is 19.8. The molecule has 0 aliphatic carbocycles. The van der Waals surface area contributed by atoms with Crippen LogP contribution in [0.5, 0.6) is 0 Å². The number of anilines is 1. The molecule has 0 aliphatic heterocycles. The molecule has 0 fully saturated rings. The van der Waals surface area contributed by atoms with E-state index in [0.29, 0.717) is 22.3 Å². The molecule has 0 radical (unpaired) electrons. The third-order valence-corrected chi connectivity index (χ3v) is 6.42. The lowest BCUT2D eigenvalue weighted by molar-refractivity contribution is -0.118. The molecule has 0 saturated heterocycles. The Morgan fingerprint density at radius 1 is 1.38 bits per heavy atom. The van der Waals surface area contributed by atoms with Crippen molar-refractivity contribution in [3.8, 4) is 6.07 Å². The van der Waals surface area contributed by atoms with Crippen LogP contribution in [0.4, 0.5) is 5.82 Å². The largest absolute Gasteiger partial charge is 0.410 e. The number of rotatable bonds is 10. The Morgan fingerprint density at radius 2 is 2.12 bits per heavy atom. The molecule has 1 aromatic heterocycles. The molecular formula is C22H26ClN5O3S. The molecule has 1 aromatic carbocycles. The van der Waals surface area contributed by atoms with Gasteiger partial charge in [0, 0.05) is 6.26 Å². The number of carbonyl (C=O) groups is 1. The molecule has 0 saturated carbocycles. The number of amides is 1. The van der Waals surface area contributed by atoms with Gasteiger partial charge < -0.3 is 10.5 Å². The first-order valence-corrected chi connectivity index (χ1v) is 12.1. The zero-order chi connectivity index (χ0) is 23.7. The number of carbonyl (C=O) groups excluding carboxylic acids is 1. The van der Waals surface area contributed by atoms with Gasteiger partial charge >= 0.3 is 0 Å².